The first-order valence-electron chi connectivity index (χ1n) is 9.12. The second-order valence-corrected chi connectivity index (χ2v) is 8.21. The second-order valence-electron chi connectivity index (χ2n) is 7.80. The van der Waals surface area contributed by atoms with Gasteiger partial charge in [0, 0.05) is 16.3 Å². The summed E-state index contributed by atoms with van der Waals surface area (Å²) in [5, 5.41) is 13.3. The van der Waals surface area contributed by atoms with Crippen LogP contribution in [0.5, 0.6) is 0 Å². The number of carbonyl (C=O) groups is 1. The van der Waals surface area contributed by atoms with Gasteiger partial charge in [-0.15, -0.1) is 0 Å². The van der Waals surface area contributed by atoms with Crippen molar-refractivity contribution in [3.63, 3.8) is 0 Å². The number of rotatable bonds is 2. The third kappa shape index (κ3) is 2.21. The number of carboxylic acid groups (broad SMARTS) is 1. The number of fused-ring (bicyclic) bond motifs is 7. The molecule has 2 aromatic rings. The minimum Gasteiger partial charge on any atom is -0.478 e. The molecule has 0 saturated heterocycles. The number of carboxylic acids is 1. The van der Waals surface area contributed by atoms with E-state index in [4.69, 9.17) is 11.6 Å². The van der Waals surface area contributed by atoms with E-state index in [1.54, 1.807) is 18.2 Å². The normalized spacial score (nSPS) is 31.2. The molecule has 1 heterocycles. The number of halogens is 2. The van der Waals surface area contributed by atoms with Crippen LogP contribution in [0, 0.1) is 23.6 Å². The number of anilines is 1. The summed E-state index contributed by atoms with van der Waals surface area (Å²) in [5.41, 5.74) is 2.85. The number of aromatic carboxylic acids is 1. The first kappa shape index (κ1) is 16.1. The molecule has 2 saturated carbocycles. The molecule has 2 fully saturated rings. The predicted octanol–water partition coefficient (Wildman–Crippen LogP) is 5.47. The Morgan fingerprint density at radius 3 is 2.77 bits per heavy atom. The van der Waals surface area contributed by atoms with Gasteiger partial charge in [0.25, 0.3) is 0 Å². The summed E-state index contributed by atoms with van der Waals surface area (Å²) in [6.07, 6.45) is 3.46. The molecule has 2 bridgehead atoms. The molecule has 0 spiro atoms. The summed E-state index contributed by atoms with van der Waals surface area (Å²) in [6.45, 7) is 0. The van der Waals surface area contributed by atoms with Crippen molar-refractivity contribution in [3.8, 4) is 0 Å². The smallest absolute Gasteiger partial charge is 0.335 e. The van der Waals surface area contributed by atoms with Gasteiger partial charge in [-0.25, -0.2) is 9.18 Å². The number of benzene rings is 2. The van der Waals surface area contributed by atoms with Gasteiger partial charge in [-0.05, 0) is 78.8 Å². The quantitative estimate of drug-likeness (QED) is 0.735. The van der Waals surface area contributed by atoms with Gasteiger partial charge in [0.05, 0.1) is 11.6 Å². The molecule has 0 amide bonds. The Morgan fingerprint density at radius 1 is 1.19 bits per heavy atom. The lowest BCUT2D eigenvalue weighted by atomic mass is 9.68. The molecule has 2 N–H and O–H groups in total. The van der Waals surface area contributed by atoms with Crippen LogP contribution < -0.4 is 5.32 Å². The molecule has 1 aliphatic heterocycles. The van der Waals surface area contributed by atoms with E-state index in [1.165, 1.54) is 12.5 Å². The average molecular weight is 372 g/mol. The average Bonchev–Trinajstić information content (AvgIpc) is 3.23. The van der Waals surface area contributed by atoms with Gasteiger partial charge in [-0.2, -0.15) is 0 Å². The zero-order chi connectivity index (χ0) is 18.0. The van der Waals surface area contributed by atoms with Crippen molar-refractivity contribution in [2.45, 2.75) is 31.2 Å². The van der Waals surface area contributed by atoms with Crippen molar-refractivity contribution >= 4 is 23.3 Å². The molecule has 0 radical (unpaired) electrons. The largest absolute Gasteiger partial charge is 0.478 e. The first-order valence-corrected chi connectivity index (χ1v) is 9.50. The van der Waals surface area contributed by atoms with Crippen LogP contribution in [0.4, 0.5) is 10.1 Å². The summed E-state index contributed by atoms with van der Waals surface area (Å²) in [7, 11) is 0. The Kier molecular flexibility index (Phi) is 3.54. The Labute approximate surface area is 156 Å². The van der Waals surface area contributed by atoms with Gasteiger partial charge in [0.15, 0.2) is 0 Å². The maximum Gasteiger partial charge on any atom is 0.335 e. The van der Waals surface area contributed by atoms with Crippen LogP contribution in [0.2, 0.25) is 5.02 Å². The van der Waals surface area contributed by atoms with Crippen LogP contribution >= 0.6 is 11.6 Å². The van der Waals surface area contributed by atoms with Crippen molar-refractivity contribution in [1.82, 2.24) is 0 Å². The fourth-order valence-corrected chi connectivity index (χ4v) is 6.00. The van der Waals surface area contributed by atoms with Crippen molar-refractivity contribution < 1.29 is 14.3 Å². The molecule has 2 aliphatic carbocycles. The molecule has 3 nitrogen and oxygen atoms in total. The summed E-state index contributed by atoms with van der Waals surface area (Å²) < 4.78 is 14.7. The summed E-state index contributed by atoms with van der Waals surface area (Å²) in [5.74, 6) is 0.404. The highest BCUT2D eigenvalue weighted by Gasteiger charge is 2.54. The Bertz CT molecular complexity index is 895. The van der Waals surface area contributed by atoms with Crippen molar-refractivity contribution in [3.05, 3.63) is 63.9 Å². The highest BCUT2D eigenvalue weighted by atomic mass is 35.5. The molecule has 5 heteroatoms. The highest BCUT2D eigenvalue weighted by molar-refractivity contribution is 6.31. The van der Waals surface area contributed by atoms with Crippen LogP contribution in [-0.4, -0.2) is 11.1 Å². The zero-order valence-corrected chi connectivity index (χ0v) is 14.8. The summed E-state index contributed by atoms with van der Waals surface area (Å²) in [6, 6.07) is 9.91. The fraction of sp³-hybridized carbons (Fsp3) is 0.381. The Morgan fingerprint density at radius 2 is 2.00 bits per heavy atom. The van der Waals surface area contributed by atoms with E-state index in [-0.39, 0.29) is 23.7 Å². The van der Waals surface area contributed by atoms with E-state index < -0.39 is 5.97 Å². The van der Waals surface area contributed by atoms with Gasteiger partial charge < -0.3 is 10.4 Å². The first-order chi connectivity index (χ1) is 12.5. The molecule has 26 heavy (non-hydrogen) atoms. The molecule has 5 rings (SSSR count). The van der Waals surface area contributed by atoms with Crippen LogP contribution in [0.15, 0.2) is 36.4 Å². The van der Waals surface area contributed by atoms with E-state index >= 15 is 0 Å². The number of nitrogens with one attached hydrogen (secondary N) is 1. The van der Waals surface area contributed by atoms with Gasteiger partial charge in [0.1, 0.15) is 5.82 Å². The Hall–Kier alpha value is -2.07. The fourth-order valence-electron chi connectivity index (χ4n) is 5.72. The van der Waals surface area contributed by atoms with Crippen LogP contribution in [0.1, 0.15) is 52.7 Å². The summed E-state index contributed by atoms with van der Waals surface area (Å²) in [4.78, 5) is 11.4. The Balaban J connectivity index is 1.67. The van der Waals surface area contributed by atoms with Gasteiger partial charge in [-0.1, -0.05) is 17.7 Å². The van der Waals surface area contributed by atoms with E-state index in [1.807, 2.05) is 12.1 Å². The zero-order valence-electron chi connectivity index (χ0n) is 14.1. The van der Waals surface area contributed by atoms with E-state index in [0.29, 0.717) is 28.0 Å². The third-order valence-electron chi connectivity index (χ3n) is 6.64. The van der Waals surface area contributed by atoms with Crippen LogP contribution in [0.3, 0.4) is 0 Å². The lowest BCUT2D eigenvalue weighted by molar-refractivity contribution is 0.0696. The number of hydrogen-bond acceptors (Lipinski definition) is 2. The van der Waals surface area contributed by atoms with E-state index in [2.05, 4.69) is 5.32 Å². The second kappa shape index (κ2) is 5.71. The predicted molar refractivity (Wildman–Crippen MR) is 98.2 cm³/mol. The molecule has 2 aromatic carbocycles. The molecule has 3 aliphatic rings. The summed E-state index contributed by atoms with van der Waals surface area (Å²) >= 11 is 6.39. The SMILES string of the molecule is O=C(O)c1ccc2c(c1)[C@H]1[C@H]3CC[C@H](C3)[C@H]1[C@H](c1c(F)cccc1Cl)N2. The minimum absolute atomic E-state index is 0.174. The van der Waals surface area contributed by atoms with Crippen molar-refractivity contribution in [1.29, 1.82) is 0 Å². The molecule has 134 valence electrons. The molecular weight excluding hydrogens is 353 g/mol. The van der Waals surface area contributed by atoms with Gasteiger partial charge in [-0.3, -0.25) is 0 Å². The minimum atomic E-state index is -0.910. The number of hydrogen-bond donors (Lipinski definition) is 2. The standard InChI is InChI=1S/C21H19ClFNO2/c22-14-2-1-3-15(23)19(14)20-18-11-5-4-10(8-11)17(18)13-9-12(21(25)26)6-7-16(13)24-20/h1-3,6-7,9-11,17-18,20,24H,4-5,8H2,(H,25,26)/t10-,11+,17+,18+,20+/m0/s1. The third-order valence-corrected chi connectivity index (χ3v) is 6.97. The molecule has 0 aromatic heterocycles. The molecule has 0 unspecified atom stereocenters. The van der Waals surface area contributed by atoms with Gasteiger partial charge in [0.2, 0.25) is 0 Å². The maximum absolute atomic E-state index is 14.7. The monoisotopic (exact) mass is 371 g/mol. The molecular formula is C21H19ClFNO2. The van der Waals surface area contributed by atoms with Crippen molar-refractivity contribution in [2.24, 2.45) is 17.8 Å². The lowest BCUT2D eigenvalue weighted by Crippen LogP contribution is -2.36. The molecule has 5 atom stereocenters. The van der Waals surface area contributed by atoms with E-state index in [9.17, 15) is 14.3 Å². The van der Waals surface area contributed by atoms with Gasteiger partial charge >= 0.3 is 5.97 Å². The van der Waals surface area contributed by atoms with Crippen LogP contribution in [0.25, 0.3) is 0 Å². The highest BCUT2D eigenvalue weighted by Crippen LogP contribution is 2.64. The van der Waals surface area contributed by atoms with Crippen molar-refractivity contribution in [2.75, 3.05) is 5.32 Å². The topological polar surface area (TPSA) is 49.3 Å². The lowest BCUT2D eigenvalue weighted by Gasteiger charge is -2.43. The van der Waals surface area contributed by atoms with E-state index in [0.717, 1.165) is 24.1 Å². The van der Waals surface area contributed by atoms with Crippen LogP contribution in [-0.2, 0) is 0 Å². The maximum atomic E-state index is 14.7.